The van der Waals surface area contributed by atoms with E-state index in [0.29, 0.717) is 0 Å². The molecular weight excluding hydrogens is 349 g/mol. The molecule has 26 heavy (non-hydrogen) atoms. The van der Waals surface area contributed by atoms with Crippen molar-refractivity contribution < 1.29 is 32.2 Å². The van der Waals surface area contributed by atoms with Crippen LogP contribution in [0, 0.1) is 23.4 Å². The van der Waals surface area contributed by atoms with Crippen LogP contribution in [0.3, 0.4) is 0 Å². The molecule has 0 N–H and O–H groups in total. The lowest BCUT2D eigenvalue weighted by atomic mass is 10.1. The maximum absolute atomic E-state index is 13.1. The van der Waals surface area contributed by atoms with Gasteiger partial charge in [-0.1, -0.05) is 13.8 Å². The molecule has 0 saturated carbocycles. The van der Waals surface area contributed by atoms with E-state index in [2.05, 4.69) is 0 Å². The largest absolute Gasteiger partial charge is 0.462 e. The summed E-state index contributed by atoms with van der Waals surface area (Å²) in [5.74, 6) is -5.36. The third-order valence-corrected chi connectivity index (χ3v) is 3.32. The maximum Gasteiger partial charge on any atom is 0.338 e. The fourth-order valence-corrected chi connectivity index (χ4v) is 1.99. The summed E-state index contributed by atoms with van der Waals surface area (Å²) in [5, 5.41) is 0. The van der Waals surface area contributed by atoms with Crippen molar-refractivity contribution in [3.05, 3.63) is 70.5 Å². The minimum atomic E-state index is -1.58. The minimum Gasteiger partial charge on any atom is -0.462 e. The summed E-state index contributed by atoms with van der Waals surface area (Å²) in [6, 6.07) is 7.08. The Morgan fingerprint density at radius 3 is 1.81 bits per heavy atom. The number of esters is 2. The van der Waals surface area contributed by atoms with Gasteiger partial charge in [-0.2, -0.15) is 0 Å². The Morgan fingerprint density at radius 1 is 0.885 bits per heavy atom. The molecule has 2 aromatic carbocycles. The normalized spacial score (nSPS) is 10.7. The van der Waals surface area contributed by atoms with Crippen LogP contribution in [0.2, 0.25) is 0 Å². The molecule has 7 heteroatoms. The predicted octanol–water partition coefficient (Wildman–Crippen LogP) is 4.27. The van der Waals surface area contributed by atoms with Crippen molar-refractivity contribution in [3.63, 3.8) is 0 Å². The average Bonchev–Trinajstić information content (AvgIpc) is 2.62. The molecule has 0 aromatic heterocycles. The van der Waals surface area contributed by atoms with Gasteiger partial charge >= 0.3 is 11.9 Å². The van der Waals surface area contributed by atoms with Gasteiger partial charge in [0.2, 0.25) is 0 Å². The van der Waals surface area contributed by atoms with E-state index in [4.69, 9.17) is 9.47 Å². The molecule has 0 aliphatic heterocycles. The lowest BCUT2D eigenvalue weighted by molar-refractivity contribution is 0.0450. The summed E-state index contributed by atoms with van der Waals surface area (Å²) in [5.41, 5.74) is 0.405. The van der Waals surface area contributed by atoms with Crippen molar-refractivity contribution in [2.75, 3.05) is 6.61 Å². The second kappa shape index (κ2) is 8.51. The van der Waals surface area contributed by atoms with Crippen LogP contribution in [0.15, 0.2) is 36.4 Å². The standard InChI is InChI=1S/C19H17F3O4/c1-11(2)9-25-18(23)13-3-5-14(6-4-13)19(24)26-10-12-7-15(20)17(22)16(21)8-12/h3-8,11H,9-10H2,1-2H3. The molecule has 0 bridgehead atoms. The van der Waals surface area contributed by atoms with E-state index in [1.54, 1.807) is 0 Å². The molecule has 0 spiro atoms. The molecule has 0 radical (unpaired) electrons. The van der Waals surface area contributed by atoms with Crippen LogP contribution < -0.4 is 0 Å². The molecule has 0 saturated heterocycles. The molecule has 0 amide bonds. The van der Waals surface area contributed by atoms with Gasteiger partial charge in [0.1, 0.15) is 6.61 Å². The van der Waals surface area contributed by atoms with Gasteiger partial charge in [-0.15, -0.1) is 0 Å². The van der Waals surface area contributed by atoms with Gasteiger partial charge in [0.15, 0.2) is 17.5 Å². The lowest BCUT2D eigenvalue weighted by Crippen LogP contribution is -2.11. The van der Waals surface area contributed by atoms with Crippen molar-refractivity contribution in [2.24, 2.45) is 5.92 Å². The van der Waals surface area contributed by atoms with Crippen LogP contribution in [0.25, 0.3) is 0 Å². The van der Waals surface area contributed by atoms with Crippen molar-refractivity contribution in [1.29, 1.82) is 0 Å². The Kier molecular flexibility index (Phi) is 6.38. The Labute approximate surface area is 148 Å². The number of halogens is 3. The number of carbonyl (C=O) groups is 2. The SMILES string of the molecule is CC(C)COC(=O)c1ccc(C(=O)OCc2cc(F)c(F)c(F)c2)cc1. The van der Waals surface area contributed by atoms with Crippen molar-refractivity contribution in [1.82, 2.24) is 0 Å². The van der Waals surface area contributed by atoms with Crippen LogP contribution in [0.4, 0.5) is 13.2 Å². The summed E-state index contributed by atoms with van der Waals surface area (Å²) >= 11 is 0. The number of carbonyl (C=O) groups excluding carboxylic acids is 2. The number of ether oxygens (including phenoxy) is 2. The topological polar surface area (TPSA) is 52.6 Å². The Morgan fingerprint density at radius 2 is 1.35 bits per heavy atom. The number of hydrogen-bond acceptors (Lipinski definition) is 4. The molecule has 4 nitrogen and oxygen atoms in total. The van der Waals surface area contributed by atoms with Crippen LogP contribution in [0.1, 0.15) is 40.1 Å². The van der Waals surface area contributed by atoms with Crippen LogP contribution >= 0.6 is 0 Å². The highest BCUT2D eigenvalue weighted by atomic mass is 19.2. The Balaban J connectivity index is 1.96. The zero-order valence-electron chi connectivity index (χ0n) is 14.2. The molecule has 2 rings (SSSR count). The van der Waals surface area contributed by atoms with Crippen LogP contribution in [-0.4, -0.2) is 18.5 Å². The van der Waals surface area contributed by atoms with Gasteiger partial charge in [-0.3, -0.25) is 0 Å². The predicted molar refractivity (Wildman–Crippen MR) is 87.0 cm³/mol. The zero-order valence-corrected chi connectivity index (χ0v) is 14.2. The fraction of sp³-hybridized carbons (Fsp3) is 0.263. The second-order valence-electron chi connectivity index (χ2n) is 6.02. The molecule has 0 heterocycles. The third-order valence-electron chi connectivity index (χ3n) is 3.32. The monoisotopic (exact) mass is 366 g/mol. The van der Waals surface area contributed by atoms with E-state index in [-0.39, 0.29) is 29.2 Å². The summed E-state index contributed by atoms with van der Waals surface area (Å²) in [6.07, 6.45) is 0. The summed E-state index contributed by atoms with van der Waals surface area (Å²) < 4.78 is 49.1. The molecule has 0 unspecified atom stereocenters. The first-order valence-corrected chi connectivity index (χ1v) is 7.85. The molecule has 0 aliphatic carbocycles. The smallest absolute Gasteiger partial charge is 0.338 e. The first kappa shape index (κ1) is 19.5. The number of benzene rings is 2. The average molecular weight is 366 g/mol. The fourth-order valence-electron chi connectivity index (χ4n) is 1.99. The van der Waals surface area contributed by atoms with Crippen LogP contribution in [-0.2, 0) is 16.1 Å². The molecule has 138 valence electrons. The van der Waals surface area contributed by atoms with Crippen molar-refractivity contribution >= 4 is 11.9 Å². The highest BCUT2D eigenvalue weighted by Crippen LogP contribution is 2.15. The van der Waals surface area contributed by atoms with Gasteiger partial charge in [0.05, 0.1) is 17.7 Å². The van der Waals surface area contributed by atoms with Gasteiger partial charge in [-0.05, 0) is 47.9 Å². The quantitative estimate of drug-likeness (QED) is 0.566. The van der Waals surface area contributed by atoms with Crippen molar-refractivity contribution in [3.8, 4) is 0 Å². The summed E-state index contributed by atoms with van der Waals surface area (Å²) in [4.78, 5) is 23.7. The molecule has 0 atom stereocenters. The summed E-state index contributed by atoms with van der Waals surface area (Å²) in [7, 11) is 0. The minimum absolute atomic E-state index is 0.0244. The van der Waals surface area contributed by atoms with Gasteiger partial charge < -0.3 is 9.47 Å². The van der Waals surface area contributed by atoms with E-state index in [0.717, 1.165) is 12.1 Å². The second-order valence-corrected chi connectivity index (χ2v) is 6.02. The molecule has 0 fully saturated rings. The first-order valence-electron chi connectivity index (χ1n) is 7.85. The maximum atomic E-state index is 13.1. The van der Waals surface area contributed by atoms with E-state index in [1.807, 2.05) is 13.8 Å². The highest BCUT2D eigenvalue weighted by molar-refractivity contribution is 5.93. The van der Waals surface area contributed by atoms with E-state index >= 15 is 0 Å². The Bertz CT molecular complexity index is 778. The van der Waals surface area contributed by atoms with E-state index < -0.39 is 36.0 Å². The van der Waals surface area contributed by atoms with E-state index in [1.165, 1.54) is 24.3 Å². The molecule has 2 aromatic rings. The number of rotatable bonds is 6. The zero-order chi connectivity index (χ0) is 19.3. The first-order chi connectivity index (χ1) is 12.3. The number of hydrogen-bond donors (Lipinski definition) is 0. The molecular formula is C19H17F3O4. The van der Waals surface area contributed by atoms with Gasteiger partial charge in [0.25, 0.3) is 0 Å². The third kappa shape index (κ3) is 5.08. The van der Waals surface area contributed by atoms with Crippen molar-refractivity contribution in [2.45, 2.75) is 20.5 Å². The molecule has 0 aliphatic rings. The van der Waals surface area contributed by atoms with Gasteiger partial charge in [0, 0.05) is 0 Å². The summed E-state index contributed by atoms with van der Waals surface area (Å²) in [6.45, 7) is 3.68. The van der Waals surface area contributed by atoms with Crippen LogP contribution in [0.5, 0.6) is 0 Å². The van der Waals surface area contributed by atoms with Gasteiger partial charge in [-0.25, -0.2) is 22.8 Å². The Hall–Kier alpha value is -2.83. The lowest BCUT2D eigenvalue weighted by Gasteiger charge is -2.08. The van der Waals surface area contributed by atoms with E-state index in [9.17, 15) is 22.8 Å². The highest BCUT2D eigenvalue weighted by Gasteiger charge is 2.14.